The summed E-state index contributed by atoms with van der Waals surface area (Å²) in [6, 6.07) is 7.76. The lowest BCUT2D eigenvalue weighted by Gasteiger charge is -2.01. The summed E-state index contributed by atoms with van der Waals surface area (Å²) >= 11 is 0. The SMILES string of the molecule is OB(O)c1cccc(C2CN2)c1. The molecule has 0 amide bonds. The highest BCUT2D eigenvalue weighted by Gasteiger charge is 2.23. The Morgan fingerprint density at radius 3 is 2.75 bits per heavy atom. The molecule has 1 aromatic carbocycles. The molecule has 0 bridgehead atoms. The molecule has 2 rings (SSSR count). The van der Waals surface area contributed by atoms with Crippen molar-refractivity contribution in [2.24, 2.45) is 0 Å². The van der Waals surface area contributed by atoms with Gasteiger partial charge in [-0.15, -0.1) is 0 Å². The summed E-state index contributed by atoms with van der Waals surface area (Å²) in [5.74, 6) is 0. The van der Waals surface area contributed by atoms with Gasteiger partial charge in [0.15, 0.2) is 0 Å². The van der Waals surface area contributed by atoms with E-state index in [4.69, 9.17) is 10.0 Å². The quantitative estimate of drug-likeness (QED) is 0.387. The van der Waals surface area contributed by atoms with E-state index in [1.54, 1.807) is 6.07 Å². The average Bonchev–Trinajstić information content (AvgIpc) is 2.87. The second-order valence-corrected chi connectivity index (χ2v) is 3.00. The fourth-order valence-corrected chi connectivity index (χ4v) is 1.23. The number of hydrogen-bond acceptors (Lipinski definition) is 3. The van der Waals surface area contributed by atoms with Gasteiger partial charge in [-0.3, -0.25) is 0 Å². The Balaban J connectivity index is 2.26. The van der Waals surface area contributed by atoms with Crippen LogP contribution in [-0.2, 0) is 0 Å². The van der Waals surface area contributed by atoms with Crippen LogP contribution in [0.2, 0.25) is 0 Å². The predicted octanol–water partition coefficient (Wildman–Crippen LogP) is -0.989. The van der Waals surface area contributed by atoms with Crippen LogP contribution in [0.4, 0.5) is 0 Å². The molecule has 0 radical (unpaired) electrons. The van der Waals surface area contributed by atoms with Crippen molar-refractivity contribution >= 4 is 12.6 Å². The van der Waals surface area contributed by atoms with Gasteiger partial charge in [0.1, 0.15) is 0 Å². The minimum atomic E-state index is -1.36. The molecular weight excluding hydrogens is 153 g/mol. The van der Waals surface area contributed by atoms with Gasteiger partial charge in [-0.05, 0) is 11.0 Å². The first-order valence-corrected chi connectivity index (χ1v) is 3.97. The highest BCUT2D eigenvalue weighted by Crippen LogP contribution is 2.19. The average molecular weight is 163 g/mol. The Kier molecular flexibility index (Phi) is 1.88. The summed E-state index contributed by atoms with van der Waals surface area (Å²) in [7, 11) is -1.36. The lowest BCUT2D eigenvalue weighted by molar-refractivity contribution is 0.425. The van der Waals surface area contributed by atoms with Gasteiger partial charge in [-0.2, -0.15) is 0 Å². The maximum Gasteiger partial charge on any atom is 0.488 e. The molecule has 1 aromatic rings. The lowest BCUT2D eigenvalue weighted by Crippen LogP contribution is -2.29. The summed E-state index contributed by atoms with van der Waals surface area (Å²) in [5.41, 5.74) is 1.68. The molecular formula is C8H10BNO2. The van der Waals surface area contributed by atoms with Gasteiger partial charge in [-0.25, -0.2) is 0 Å². The van der Waals surface area contributed by atoms with E-state index in [-0.39, 0.29) is 0 Å². The zero-order valence-electron chi connectivity index (χ0n) is 6.57. The third-order valence-electron chi connectivity index (χ3n) is 2.02. The molecule has 1 aliphatic rings. The van der Waals surface area contributed by atoms with Crippen molar-refractivity contribution < 1.29 is 10.0 Å². The van der Waals surface area contributed by atoms with Crippen LogP contribution in [0.3, 0.4) is 0 Å². The highest BCUT2D eigenvalue weighted by atomic mass is 16.4. The van der Waals surface area contributed by atoms with Crippen molar-refractivity contribution in [3.05, 3.63) is 29.8 Å². The summed E-state index contributed by atoms with van der Waals surface area (Å²) in [5, 5.41) is 20.9. The van der Waals surface area contributed by atoms with Gasteiger partial charge in [0.25, 0.3) is 0 Å². The first-order valence-electron chi connectivity index (χ1n) is 3.97. The molecule has 1 fully saturated rings. The van der Waals surface area contributed by atoms with Crippen molar-refractivity contribution in [3.8, 4) is 0 Å². The third kappa shape index (κ3) is 1.50. The molecule has 1 saturated heterocycles. The van der Waals surface area contributed by atoms with Gasteiger partial charge in [0.05, 0.1) is 0 Å². The minimum Gasteiger partial charge on any atom is -0.423 e. The molecule has 3 N–H and O–H groups in total. The van der Waals surface area contributed by atoms with Crippen LogP contribution in [0.5, 0.6) is 0 Å². The summed E-state index contributed by atoms with van der Waals surface area (Å²) < 4.78 is 0. The molecule has 0 spiro atoms. The van der Waals surface area contributed by atoms with Crippen molar-refractivity contribution in [2.45, 2.75) is 6.04 Å². The van der Waals surface area contributed by atoms with Crippen molar-refractivity contribution in [3.63, 3.8) is 0 Å². The first-order chi connectivity index (χ1) is 5.77. The van der Waals surface area contributed by atoms with E-state index in [9.17, 15) is 0 Å². The Hall–Kier alpha value is -0.835. The molecule has 3 nitrogen and oxygen atoms in total. The normalized spacial score (nSPS) is 20.7. The van der Waals surface area contributed by atoms with E-state index >= 15 is 0 Å². The van der Waals surface area contributed by atoms with E-state index in [0.29, 0.717) is 11.5 Å². The number of rotatable bonds is 2. The predicted molar refractivity (Wildman–Crippen MR) is 47.0 cm³/mol. The molecule has 0 saturated carbocycles. The second kappa shape index (κ2) is 2.90. The first kappa shape index (κ1) is 7.80. The zero-order valence-corrected chi connectivity index (χ0v) is 6.57. The van der Waals surface area contributed by atoms with Crippen LogP contribution < -0.4 is 10.8 Å². The summed E-state index contributed by atoms with van der Waals surface area (Å²) in [4.78, 5) is 0. The molecule has 1 aliphatic heterocycles. The standard InChI is InChI=1S/C8H10BNO2/c11-9(12)7-3-1-2-6(4-7)8-5-10-8/h1-4,8,10-12H,5H2. The van der Waals surface area contributed by atoms with E-state index in [2.05, 4.69) is 5.32 Å². The third-order valence-corrected chi connectivity index (χ3v) is 2.02. The monoisotopic (exact) mass is 163 g/mol. The Bertz CT molecular complexity index is 269. The summed E-state index contributed by atoms with van der Waals surface area (Å²) in [6.07, 6.45) is 0. The van der Waals surface area contributed by atoms with Crippen LogP contribution in [0.15, 0.2) is 24.3 Å². The van der Waals surface area contributed by atoms with Crippen molar-refractivity contribution in [2.75, 3.05) is 6.54 Å². The van der Waals surface area contributed by atoms with E-state index in [1.807, 2.05) is 18.2 Å². The second-order valence-electron chi connectivity index (χ2n) is 3.00. The number of benzene rings is 1. The van der Waals surface area contributed by atoms with Gasteiger partial charge < -0.3 is 15.4 Å². The Labute approximate surface area is 71.2 Å². The van der Waals surface area contributed by atoms with Crippen molar-refractivity contribution in [1.82, 2.24) is 5.32 Å². The van der Waals surface area contributed by atoms with Gasteiger partial charge in [-0.1, -0.05) is 24.3 Å². The van der Waals surface area contributed by atoms with Gasteiger partial charge in [0.2, 0.25) is 0 Å². The largest absolute Gasteiger partial charge is 0.488 e. The van der Waals surface area contributed by atoms with E-state index < -0.39 is 7.12 Å². The van der Waals surface area contributed by atoms with Crippen LogP contribution in [0, 0.1) is 0 Å². The molecule has 0 aromatic heterocycles. The topological polar surface area (TPSA) is 62.4 Å². The molecule has 4 heteroatoms. The number of hydrogen-bond donors (Lipinski definition) is 3. The maximum absolute atomic E-state index is 8.89. The molecule has 1 atom stereocenters. The molecule has 1 unspecified atom stereocenters. The summed E-state index contributed by atoms with van der Waals surface area (Å²) in [6.45, 7) is 0.991. The van der Waals surface area contributed by atoms with Gasteiger partial charge in [0, 0.05) is 12.6 Å². The number of nitrogens with one attached hydrogen (secondary N) is 1. The van der Waals surface area contributed by atoms with E-state index in [0.717, 1.165) is 12.1 Å². The Morgan fingerprint density at radius 1 is 1.42 bits per heavy atom. The van der Waals surface area contributed by atoms with Crippen LogP contribution >= 0.6 is 0 Å². The molecule has 0 aliphatic carbocycles. The van der Waals surface area contributed by atoms with Gasteiger partial charge >= 0.3 is 7.12 Å². The van der Waals surface area contributed by atoms with Crippen LogP contribution in [0.1, 0.15) is 11.6 Å². The fourth-order valence-electron chi connectivity index (χ4n) is 1.23. The maximum atomic E-state index is 8.89. The lowest BCUT2D eigenvalue weighted by atomic mass is 9.79. The molecule has 62 valence electrons. The van der Waals surface area contributed by atoms with Crippen LogP contribution in [-0.4, -0.2) is 23.7 Å². The zero-order chi connectivity index (χ0) is 8.55. The van der Waals surface area contributed by atoms with Crippen LogP contribution in [0.25, 0.3) is 0 Å². The Morgan fingerprint density at radius 2 is 2.17 bits per heavy atom. The van der Waals surface area contributed by atoms with Crippen molar-refractivity contribution in [1.29, 1.82) is 0 Å². The van der Waals surface area contributed by atoms with E-state index in [1.165, 1.54) is 0 Å². The molecule has 12 heavy (non-hydrogen) atoms. The highest BCUT2D eigenvalue weighted by molar-refractivity contribution is 6.58. The smallest absolute Gasteiger partial charge is 0.423 e. The fraction of sp³-hybridized carbons (Fsp3) is 0.250. The molecule has 1 heterocycles. The minimum absolute atomic E-state index is 0.420.